The van der Waals surface area contributed by atoms with E-state index in [-0.39, 0.29) is 35.3 Å². The first-order valence-electron chi connectivity index (χ1n) is 11.4. The molecule has 3 amide bonds. The smallest absolute Gasteiger partial charge is 0.410 e. The van der Waals surface area contributed by atoms with Gasteiger partial charge in [-0.1, -0.05) is 32.0 Å². The fraction of sp³-hybridized carbons (Fsp3) is 0.625. The van der Waals surface area contributed by atoms with E-state index in [0.717, 1.165) is 12.8 Å². The zero-order chi connectivity index (χ0) is 22.0. The summed E-state index contributed by atoms with van der Waals surface area (Å²) in [5.74, 6) is 0.228. The standard InChI is InChI=1S/C24H33N3O4/c1-24(2)16-27(23(30)31-17-24)20-10-14-26(15-11-20)22(29)19-8-12-25(13-9-19)21(28)18-6-4-3-5-7-18/h3-7,19-20H,8-17H2,1-2H3. The lowest BCUT2D eigenvalue weighted by Gasteiger charge is -2.44. The van der Waals surface area contributed by atoms with Crippen molar-refractivity contribution >= 4 is 17.9 Å². The van der Waals surface area contributed by atoms with Crippen molar-refractivity contribution < 1.29 is 19.1 Å². The highest BCUT2D eigenvalue weighted by atomic mass is 16.6. The lowest BCUT2D eigenvalue weighted by atomic mass is 9.90. The van der Waals surface area contributed by atoms with Crippen LogP contribution in [0.2, 0.25) is 0 Å². The number of nitrogens with zero attached hydrogens (tertiary/aromatic N) is 3. The van der Waals surface area contributed by atoms with Crippen molar-refractivity contribution in [2.75, 3.05) is 39.3 Å². The normalized spacial score (nSPS) is 22.9. The zero-order valence-corrected chi connectivity index (χ0v) is 18.6. The van der Waals surface area contributed by atoms with Crippen molar-refractivity contribution in [3.8, 4) is 0 Å². The summed E-state index contributed by atoms with van der Waals surface area (Å²) in [7, 11) is 0. The highest BCUT2D eigenvalue weighted by Crippen LogP contribution is 2.29. The lowest BCUT2D eigenvalue weighted by molar-refractivity contribution is -0.138. The average Bonchev–Trinajstić information content (AvgIpc) is 2.80. The Labute approximate surface area is 184 Å². The van der Waals surface area contributed by atoms with E-state index in [0.29, 0.717) is 57.7 Å². The quantitative estimate of drug-likeness (QED) is 0.744. The van der Waals surface area contributed by atoms with E-state index in [1.807, 2.05) is 45.0 Å². The van der Waals surface area contributed by atoms with Crippen LogP contribution in [0.4, 0.5) is 4.79 Å². The lowest BCUT2D eigenvalue weighted by Crippen LogP contribution is -2.55. The number of piperidine rings is 2. The maximum Gasteiger partial charge on any atom is 0.410 e. The van der Waals surface area contributed by atoms with Crippen LogP contribution in [0.15, 0.2) is 30.3 Å². The van der Waals surface area contributed by atoms with Gasteiger partial charge in [0.1, 0.15) is 0 Å². The third-order valence-electron chi connectivity index (χ3n) is 6.79. The van der Waals surface area contributed by atoms with Crippen LogP contribution in [0, 0.1) is 11.3 Å². The summed E-state index contributed by atoms with van der Waals surface area (Å²) >= 11 is 0. The van der Waals surface area contributed by atoms with Gasteiger partial charge in [-0.15, -0.1) is 0 Å². The molecule has 4 rings (SSSR count). The molecule has 3 heterocycles. The van der Waals surface area contributed by atoms with Gasteiger partial charge >= 0.3 is 6.09 Å². The second-order valence-corrected chi connectivity index (χ2v) is 9.84. The van der Waals surface area contributed by atoms with E-state index in [1.54, 1.807) is 0 Å². The molecule has 0 aliphatic carbocycles. The molecule has 7 nitrogen and oxygen atoms in total. The molecular weight excluding hydrogens is 394 g/mol. The third-order valence-corrected chi connectivity index (χ3v) is 6.79. The van der Waals surface area contributed by atoms with Crippen molar-refractivity contribution in [1.82, 2.24) is 14.7 Å². The van der Waals surface area contributed by atoms with Crippen LogP contribution < -0.4 is 0 Å². The summed E-state index contributed by atoms with van der Waals surface area (Å²) < 4.78 is 5.36. The molecule has 0 bridgehead atoms. The van der Waals surface area contributed by atoms with Gasteiger partial charge in [-0.05, 0) is 37.8 Å². The first-order valence-corrected chi connectivity index (χ1v) is 11.4. The average molecular weight is 428 g/mol. The summed E-state index contributed by atoms with van der Waals surface area (Å²) in [4.78, 5) is 43.6. The van der Waals surface area contributed by atoms with Gasteiger partial charge < -0.3 is 19.4 Å². The Morgan fingerprint density at radius 1 is 0.935 bits per heavy atom. The molecule has 1 aromatic carbocycles. The maximum absolute atomic E-state index is 13.1. The number of amides is 3. The van der Waals surface area contributed by atoms with E-state index in [1.165, 1.54) is 0 Å². The van der Waals surface area contributed by atoms with Gasteiger partial charge in [0.25, 0.3) is 5.91 Å². The highest BCUT2D eigenvalue weighted by Gasteiger charge is 2.39. The fourth-order valence-electron chi connectivity index (χ4n) is 4.94. The van der Waals surface area contributed by atoms with Gasteiger partial charge in [0.05, 0.1) is 6.61 Å². The molecule has 0 aromatic heterocycles. The van der Waals surface area contributed by atoms with Crippen LogP contribution in [-0.2, 0) is 9.53 Å². The minimum atomic E-state index is -0.223. The monoisotopic (exact) mass is 427 g/mol. The molecular formula is C24H33N3O4. The molecule has 168 valence electrons. The van der Waals surface area contributed by atoms with Crippen molar-refractivity contribution in [3.05, 3.63) is 35.9 Å². The van der Waals surface area contributed by atoms with Crippen molar-refractivity contribution in [1.29, 1.82) is 0 Å². The predicted octanol–water partition coefficient (Wildman–Crippen LogP) is 3.01. The highest BCUT2D eigenvalue weighted by molar-refractivity contribution is 5.94. The minimum Gasteiger partial charge on any atom is -0.449 e. The second kappa shape index (κ2) is 8.89. The van der Waals surface area contributed by atoms with Crippen LogP contribution in [-0.4, -0.2) is 78.0 Å². The topological polar surface area (TPSA) is 70.2 Å². The summed E-state index contributed by atoms with van der Waals surface area (Å²) in [5.41, 5.74) is 0.667. The molecule has 0 radical (unpaired) electrons. The molecule has 0 saturated carbocycles. The molecule has 3 aliphatic rings. The van der Waals surface area contributed by atoms with Gasteiger partial charge in [0, 0.05) is 55.7 Å². The number of rotatable bonds is 3. The number of hydrogen-bond donors (Lipinski definition) is 0. The number of carbonyl (C=O) groups is 3. The maximum atomic E-state index is 13.1. The molecule has 3 fully saturated rings. The van der Waals surface area contributed by atoms with Gasteiger partial charge in [0.15, 0.2) is 0 Å². The van der Waals surface area contributed by atoms with E-state index < -0.39 is 0 Å². The van der Waals surface area contributed by atoms with E-state index in [2.05, 4.69) is 13.8 Å². The van der Waals surface area contributed by atoms with Crippen LogP contribution in [0.3, 0.4) is 0 Å². The number of ether oxygens (including phenoxy) is 1. The van der Waals surface area contributed by atoms with E-state index in [4.69, 9.17) is 4.74 Å². The Bertz CT molecular complexity index is 809. The van der Waals surface area contributed by atoms with Crippen LogP contribution in [0.1, 0.15) is 49.9 Å². The van der Waals surface area contributed by atoms with Gasteiger partial charge in [-0.25, -0.2) is 4.79 Å². The van der Waals surface area contributed by atoms with Crippen molar-refractivity contribution in [2.24, 2.45) is 11.3 Å². The molecule has 0 atom stereocenters. The van der Waals surface area contributed by atoms with Crippen molar-refractivity contribution in [3.63, 3.8) is 0 Å². The van der Waals surface area contributed by atoms with E-state index >= 15 is 0 Å². The van der Waals surface area contributed by atoms with E-state index in [9.17, 15) is 14.4 Å². The molecule has 3 aliphatic heterocycles. The summed E-state index contributed by atoms with van der Waals surface area (Å²) in [6.07, 6.45) is 2.79. The molecule has 0 unspecified atom stereocenters. The Morgan fingerprint density at radius 3 is 2.19 bits per heavy atom. The number of carbonyl (C=O) groups excluding carboxylic acids is 3. The third kappa shape index (κ3) is 4.86. The number of cyclic esters (lactones) is 1. The number of hydrogen-bond acceptors (Lipinski definition) is 4. The Balaban J connectivity index is 1.26. The molecule has 7 heteroatoms. The Morgan fingerprint density at radius 2 is 1.55 bits per heavy atom. The number of likely N-dealkylation sites (tertiary alicyclic amines) is 2. The number of benzene rings is 1. The van der Waals surface area contributed by atoms with Crippen LogP contribution in [0.25, 0.3) is 0 Å². The van der Waals surface area contributed by atoms with Crippen LogP contribution in [0.5, 0.6) is 0 Å². The fourth-order valence-corrected chi connectivity index (χ4v) is 4.94. The largest absolute Gasteiger partial charge is 0.449 e. The summed E-state index contributed by atoms with van der Waals surface area (Å²) in [6, 6.07) is 9.46. The molecule has 0 spiro atoms. The van der Waals surface area contributed by atoms with Gasteiger partial charge in [0.2, 0.25) is 5.91 Å². The molecule has 31 heavy (non-hydrogen) atoms. The summed E-state index contributed by atoms with van der Waals surface area (Å²) in [5, 5.41) is 0. The Kier molecular flexibility index (Phi) is 6.21. The van der Waals surface area contributed by atoms with Gasteiger partial charge in [-0.3, -0.25) is 9.59 Å². The molecule has 0 N–H and O–H groups in total. The van der Waals surface area contributed by atoms with Crippen LogP contribution >= 0.6 is 0 Å². The van der Waals surface area contributed by atoms with Crippen molar-refractivity contribution in [2.45, 2.75) is 45.6 Å². The molecule has 1 aromatic rings. The van der Waals surface area contributed by atoms with Gasteiger partial charge in [-0.2, -0.15) is 0 Å². The summed E-state index contributed by atoms with van der Waals surface area (Å²) in [6.45, 7) is 7.99. The second-order valence-electron chi connectivity index (χ2n) is 9.84. The predicted molar refractivity (Wildman–Crippen MR) is 117 cm³/mol. The first kappa shape index (κ1) is 21.7. The molecule has 3 saturated heterocycles. The first-order chi connectivity index (χ1) is 14.8. The SMILES string of the molecule is CC1(C)COC(=O)N(C2CCN(C(=O)C3CCN(C(=O)c4ccccc4)CC3)CC2)C1. The Hall–Kier alpha value is -2.57. The minimum absolute atomic E-state index is 0.0183. The zero-order valence-electron chi connectivity index (χ0n) is 18.6.